The molecule has 0 radical (unpaired) electrons. The lowest BCUT2D eigenvalue weighted by atomic mass is 10.1. The van der Waals surface area contributed by atoms with Crippen molar-refractivity contribution in [3.63, 3.8) is 0 Å². The molecule has 2 atom stereocenters. The summed E-state index contributed by atoms with van der Waals surface area (Å²) in [4.78, 5) is 16.4. The van der Waals surface area contributed by atoms with Gasteiger partial charge in [0.15, 0.2) is 0 Å². The van der Waals surface area contributed by atoms with Gasteiger partial charge in [0, 0.05) is 19.1 Å². The van der Waals surface area contributed by atoms with Crippen LogP contribution in [0.5, 0.6) is 0 Å². The molecule has 1 heterocycles. The maximum Gasteiger partial charge on any atom is 0.410 e. The number of ether oxygens (including phenoxy) is 1. The van der Waals surface area contributed by atoms with E-state index in [-0.39, 0.29) is 18.7 Å². The van der Waals surface area contributed by atoms with Gasteiger partial charge in [0.2, 0.25) is 0 Å². The fourth-order valence-electron chi connectivity index (χ4n) is 3.12. The minimum absolute atomic E-state index is 0.0618. The predicted octanol–water partition coefficient (Wildman–Crippen LogP) is 2.47. The zero-order valence-corrected chi connectivity index (χ0v) is 17.5. The Hall–Kier alpha value is -1.64. The van der Waals surface area contributed by atoms with E-state index in [1.165, 1.54) is 5.56 Å². The Morgan fingerprint density at radius 1 is 1.26 bits per heavy atom. The second-order valence-electron chi connectivity index (χ2n) is 8.07. The molecule has 1 aromatic rings. The van der Waals surface area contributed by atoms with Crippen molar-refractivity contribution < 1.29 is 22.1 Å². The SMILES string of the molecule is CN(Cc1ccccc1)[C@@H]1C[C@H](COS(C)(=O)=O)N(C(=O)OC(C)(C)C)C1. The van der Waals surface area contributed by atoms with Crippen LogP contribution in [-0.4, -0.2) is 68.5 Å². The summed E-state index contributed by atoms with van der Waals surface area (Å²) in [6, 6.07) is 9.81. The zero-order valence-electron chi connectivity index (χ0n) is 16.7. The summed E-state index contributed by atoms with van der Waals surface area (Å²) in [6.07, 6.45) is 1.19. The van der Waals surface area contributed by atoms with Gasteiger partial charge in [0.1, 0.15) is 5.60 Å². The van der Waals surface area contributed by atoms with Crippen LogP contribution >= 0.6 is 0 Å². The Morgan fingerprint density at radius 2 is 1.89 bits per heavy atom. The van der Waals surface area contributed by atoms with E-state index in [4.69, 9.17) is 8.92 Å². The third-order valence-electron chi connectivity index (χ3n) is 4.39. The number of benzene rings is 1. The number of likely N-dealkylation sites (tertiary alicyclic amines) is 1. The first-order valence-corrected chi connectivity index (χ1v) is 10.8. The van der Waals surface area contributed by atoms with Gasteiger partial charge in [-0.25, -0.2) is 4.79 Å². The van der Waals surface area contributed by atoms with Gasteiger partial charge in [-0.1, -0.05) is 30.3 Å². The average Bonchev–Trinajstić information content (AvgIpc) is 2.96. The quantitative estimate of drug-likeness (QED) is 0.685. The van der Waals surface area contributed by atoms with Gasteiger partial charge >= 0.3 is 6.09 Å². The molecule has 152 valence electrons. The number of hydrogen-bond acceptors (Lipinski definition) is 6. The molecule has 1 fully saturated rings. The summed E-state index contributed by atoms with van der Waals surface area (Å²) in [6.45, 7) is 6.57. The molecular weight excluding hydrogens is 368 g/mol. The molecular formula is C19H30N2O5S. The van der Waals surface area contributed by atoms with Crippen LogP contribution in [0.1, 0.15) is 32.8 Å². The van der Waals surface area contributed by atoms with E-state index in [2.05, 4.69) is 17.0 Å². The Morgan fingerprint density at radius 3 is 2.44 bits per heavy atom. The van der Waals surface area contributed by atoms with Crippen molar-refractivity contribution in [3.05, 3.63) is 35.9 Å². The van der Waals surface area contributed by atoms with Crippen LogP contribution in [0.2, 0.25) is 0 Å². The molecule has 8 heteroatoms. The fourth-order valence-corrected chi connectivity index (χ4v) is 3.52. The lowest BCUT2D eigenvalue weighted by Gasteiger charge is -2.28. The molecule has 0 N–H and O–H groups in total. The normalized spacial score (nSPS) is 20.9. The molecule has 1 saturated heterocycles. The number of carbonyl (C=O) groups excluding carboxylic acids is 1. The van der Waals surface area contributed by atoms with Crippen LogP contribution in [-0.2, 0) is 25.6 Å². The van der Waals surface area contributed by atoms with Gasteiger partial charge in [0.25, 0.3) is 10.1 Å². The predicted molar refractivity (Wildman–Crippen MR) is 104 cm³/mol. The number of likely N-dealkylation sites (N-methyl/N-ethyl adjacent to an activating group) is 1. The van der Waals surface area contributed by atoms with Crippen molar-refractivity contribution in [2.75, 3.05) is 26.5 Å². The fraction of sp³-hybridized carbons (Fsp3) is 0.632. The van der Waals surface area contributed by atoms with Crippen molar-refractivity contribution in [2.45, 2.75) is 51.4 Å². The lowest BCUT2D eigenvalue weighted by Crippen LogP contribution is -2.42. The molecule has 7 nitrogen and oxygen atoms in total. The van der Waals surface area contributed by atoms with Crippen molar-refractivity contribution in [1.29, 1.82) is 0 Å². The van der Waals surface area contributed by atoms with Gasteiger partial charge in [0.05, 0.1) is 18.9 Å². The Labute approximate surface area is 162 Å². The second-order valence-corrected chi connectivity index (χ2v) is 9.71. The maximum absolute atomic E-state index is 12.6. The average molecular weight is 399 g/mol. The summed E-state index contributed by atoms with van der Waals surface area (Å²) in [5.74, 6) is 0. The van der Waals surface area contributed by atoms with Crippen LogP contribution in [0.25, 0.3) is 0 Å². The first-order chi connectivity index (χ1) is 12.4. The Bertz CT molecular complexity index is 730. The smallest absolute Gasteiger partial charge is 0.410 e. The molecule has 0 unspecified atom stereocenters. The molecule has 0 aliphatic carbocycles. The highest BCUT2D eigenvalue weighted by atomic mass is 32.2. The summed E-state index contributed by atoms with van der Waals surface area (Å²) < 4.78 is 33.2. The summed E-state index contributed by atoms with van der Waals surface area (Å²) in [7, 11) is -1.57. The molecule has 0 aromatic heterocycles. The van der Waals surface area contributed by atoms with Crippen LogP contribution in [0.3, 0.4) is 0 Å². The van der Waals surface area contributed by atoms with E-state index in [9.17, 15) is 13.2 Å². The minimum atomic E-state index is -3.57. The molecule has 27 heavy (non-hydrogen) atoms. The van der Waals surface area contributed by atoms with E-state index in [0.29, 0.717) is 13.0 Å². The standard InChI is InChI=1S/C19H30N2O5S/c1-19(2,3)26-18(22)21-13-16(11-17(21)14-25-27(5,23)24)20(4)12-15-9-7-6-8-10-15/h6-10,16-17H,11-14H2,1-5H3/t16-,17-/m1/s1. The highest BCUT2D eigenvalue weighted by Gasteiger charge is 2.39. The van der Waals surface area contributed by atoms with Crippen LogP contribution < -0.4 is 0 Å². The molecule has 0 saturated carbocycles. The molecule has 1 aliphatic rings. The molecule has 2 rings (SSSR count). The Kier molecular flexibility index (Phi) is 6.88. The second kappa shape index (κ2) is 8.58. The monoisotopic (exact) mass is 398 g/mol. The van der Waals surface area contributed by atoms with Gasteiger partial charge < -0.3 is 9.64 Å². The zero-order chi connectivity index (χ0) is 20.2. The number of hydrogen-bond donors (Lipinski definition) is 0. The summed E-state index contributed by atoms with van der Waals surface area (Å²) in [5.41, 5.74) is 0.563. The van der Waals surface area contributed by atoms with Gasteiger partial charge in [-0.3, -0.25) is 9.08 Å². The van der Waals surface area contributed by atoms with Gasteiger partial charge in [-0.05, 0) is 39.8 Å². The maximum atomic E-state index is 12.6. The van der Waals surface area contributed by atoms with E-state index < -0.39 is 21.8 Å². The van der Waals surface area contributed by atoms with E-state index in [0.717, 1.165) is 12.8 Å². The molecule has 0 bridgehead atoms. The van der Waals surface area contributed by atoms with Gasteiger partial charge in [-0.2, -0.15) is 8.42 Å². The third kappa shape index (κ3) is 7.12. The van der Waals surface area contributed by atoms with Crippen molar-refractivity contribution >= 4 is 16.2 Å². The third-order valence-corrected chi connectivity index (χ3v) is 4.96. The van der Waals surface area contributed by atoms with E-state index in [1.54, 1.807) is 4.90 Å². The minimum Gasteiger partial charge on any atom is -0.444 e. The van der Waals surface area contributed by atoms with Crippen LogP contribution in [0.15, 0.2) is 30.3 Å². The number of nitrogens with zero attached hydrogens (tertiary/aromatic N) is 2. The summed E-state index contributed by atoms with van der Waals surface area (Å²) in [5, 5.41) is 0. The molecule has 1 amide bonds. The highest BCUT2D eigenvalue weighted by molar-refractivity contribution is 7.85. The molecule has 1 aliphatic heterocycles. The van der Waals surface area contributed by atoms with E-state index >= 15 is 0 Å². The number of amides is 1. The number of carbonyl (C=O) groups is 1. The summed E-state index contributed by atoms with van der Waals surface area (Å²) >= 11 is 0. The van der Waals surface area contributed by atoms with Crippen molar-refractivity contribution in [2.24, 2.45) is 0 Å². The van der Waals surface area contributed by atoms with Crippen LogP contribution in [0.4, 0.5) is 4.79 Å². The Balaban J connectivity index is 2.08. The number of rotatable bonds is 6. The van der Waals surface area contributed by atoms with Crippen molar-refractivity contribution in [1.82, 2.24) is 9.80 Å². The molecule has 0 spiro atoms. The topological polar surface area (TPSA) is 76.2 Å². The van der Waals surface area contributed by atoms with Crippen LogP contribution in [0, 0.1) is 0 Å². The largest absolute Gasteiger partial charge is 0.444 e. The molecule has 1 aromatic carbocycles. The van der Waals surface area contributed by atoms with E-state index in [1.807, 2.05) is 46.0 Å². The highest BCUT2D eigenvalue weighted by Crippen LogP contribution is 2.25. The first-order valence-electron chi connectivity index (χ1n) is 9.03. The van der Waals surface area contributed by atoms with Crippen molar-refractivity contribution in [3.8, 4) is 0 Å². The van der Waals surface area contributed by atoms with Gasteiger partial charge in [-0.15, -0.1) is 0 Å². The first kappa shape index (κ1) is 21.7. The lowest BCUT2D eigenvalue weighted by molar-refractivity contribution is 0.0182.